The third-order valence-corrected chi connectivity index (χ3v) is 8.99. The minimum Gasteiger partial charge on any atom is -0.370 e. The molecular weight excluding hydrogens is 454 g/mol. The minimum atomic E-state index is -3.41. The smallest absolute Gasteiger partial charge is 0.240 e. The maximum Gasteiger partial charge on any atom is 0.240 e. The molecule has 2 N–H and O–H groups in total. The van der Waals surface area contributed by atoms with E-state index in [4.69, 9.17) is 4.99 Å². The van der Waals surface area contributed by atoms with Crippen LogP contribution in [0, 0.1) is 11.8 Å². The van der Waals surface area contributed by atoms with E-state index in [-0.39, 0.29) is 12.4 Å². The lowest BCUT2D eigenvalue weighted by Gasteiger charge is -2.27. The molecule has 33 heavy (non-hydrogen) atoms. The number of fused-ring (bicyclic) bond motifs is 3. The van der Waals surface area contributed by atoms with E-state index in [9.17, 15) is 8.42 Å². The summed E-state index contributed by atoms with van der Waals surface area (Å²) in [6, 6.07) is 18.1. The number of hydrogen-bond acceptors (Lipinski definition) is 3. The molecule has 7 heteroatoms. The first kappa shape index (κ1) is 24.2. The number of sulfonamides is 1. The number of benzene rings is 2. The Morgan fingerprint density at radius 3 is 2.39 bits per heavy atom. The summed E-state index contributed by atoms with van der Waals surface area (Å²) >= 11 is 0. The largest absolute Gasteiger partial charge is 0.370 e. The van der Waals surface area contributed by atoms with Crippen molar-refractivity contribution < 1.29 is 8.42 Å². The molecule has 2 aliphatic carbocycles. The molecule has 178 valence electrons. The Hall–Kier alpha value is -1.89. The molecule has 0 bridgehead atoms. The summed E-state index contributed by atoms with van der Waals surface area (Å²) in [5.74, 6) is 2.80. The summed E-state index contributed by atoms with van der Waals surface area (Å²) in [4.78, 5) is 5.33. The number of amidine groups is 1. The Morgan fingerprint density at radius 2 is 1.61 bits per heavy atom. The van der Waals surface area contributed by atoms with Crippen LogP contribution in [0.2, 0.25) is 0 Å². The molecule has 0 spiro atoms. The van der Waals surface area contributed by atoms with Gasteiger partial charge >= 0.3 is 0 Å². The lowest BCUT2D eigenvalue weighted by molar-refractivity contribution is 0.280. The third-order valence-electron chi connectivity index (χ3n) is 7.55. The molecule has 2 aromatic carbocycles. The summed E-state index contributed by atoms with van der Waals surface area (Å²) in [5.41, 5.74) is 3.03. The van der Waals surface area contributed by atoms with Crippen LogP contribution in [0.5, 0.6) is 0 Å². The van der Waals surface area contributed by atoms with E-state index in [1.54, 1.807) is 24.3 Å². The number of nitrogens with one attached hydrogen (secondary N) is 2. The Morgan fingerprint density at radius 1 is 0.909 bits per heavy atom. The average molecular weight is 488 g/mol. The first-order chi connectivity index (χ1) is 15.6. The number of nitrogens with zero attached hydrogens (tertiary/aromatic N) is 1. The van der Waals surface area contributed by atoms with Crippen molar-refractivity contribution in [2.75, 3.05) is 13.1 Å². The maximum atomic E-state index is 12.4. The van der Waals surface area contributed by atoms with Crippen LogP contribution in [-0.4, -0.2) is 33.4 Å². The summed E-state index contributed by atoms with van der Waals surface area (Å²) in [7, 11) is -3.41. The second kappa shape index (κ2) is 10.6. The van der Waals surface area contributed by atoms with Gasteiger partial charge in [-0.05, 0) is 73.6 Å². The van der Waals surface area contributed by atoms with Crippen LogP contribution in [0.15, 0.2) is 64.5 Å². The van der Waals surface area contributed by atoms with Gasteiger partial charge in [0.15, 0.2) is 0 Å². The van der Waals surface area contributed by atoms with Crippen LogP contribution in [0.4, 0.5) is 0 Å². The van der Waals surface area contributed by atoms with Gasteiger partial charge in [0.1, 0.15) is 0 Å². The molecule has 1 heterocycles. The molecule has 2 atom stereocenters. The molecule has 5 rings (SSSR count). The van der Waals surface area contributed by atoms with E-state index in [0.717, 1.165) is 45.1 Å². The molecule has 1 saturated heterocycles. The summed E-state index contributed by atoms with van der Waals surface area (Å²) in [6.45, 7) is 1.43. The fraction of sp³-hybridized carbons (Fsp3) is 0.500. The monoisotopic (exact) mass is 487 g/mol. The van der Waals surface area contributed by atoms with Crippen molar-refractivity contribution in [1.82, 2.24) is 10.0 Å². The third kappa shape index (κ3) is 5.61. The molecule has 5 nitrogen and oxygen atoms in total. The van der Waals surface area contributed by atoms with Gasteiger partial charge in [0.25, 0.3) is 0 Å². The average Bonchev–Trinajstić information content (AvgIpc) is 3.26. The molecule has 2 unspecified atom stereocenters. The van der Waals surface area contributed by atoms with Crippen molar-refractivity contribution in [2.45, 2.75) is 61.8 Å². The van der Waals surface area contributed by atoms with Crippen molar-refractivity contribution in [1.29, 1.82) is 0 Å². The van der Waals surface area contributed by atoms with E-state index in [0.29, 0.717) is 35.2 Å². The van der Waals surface area contributed by atoms with Crippen LogP contribution < -0.4 is 10.0 Å². The van der Waals surface area contributed by atoms with Crippen LogP contribution in [-0.2, 0) is 16.4 Å². The summed E-state index contributed by atoms with van der Waals surface area (Å²) in [6.07, 6.45) is 7.80. The Labute approximate surface area is 203 Å². The first-order valence-corrected chi connectivity index (χ1v) is 13.5. The van der Waals surface area contributed by atoms with Crippen molar-refractivity contribution in [2.24, 2.45) is 16.8 Å². The Bertz CT molecular complexity index is 1070. The van der Waals surface area contributed by atoms with Gasteiger partial charge in [0.2, 0.25) is 10.0 Å². The van der Waals surface area contributed by atoms with Crippen molar-refractivity contribution in [3.05, 3.63) is 65.7 Å². The SMILES string of the molecule is Cl.O=S(=O)(NCC1CCC(CN=C2CC3c4ccccc4CCC3N2)CC1)c1ccccc1. The highest BCUT2D eigenvalue weighted by atomic mass is 35.5. The Balaban J connectivity index is 0.00000259. The quantitative estimate of drug-likeness (QED) is 0.621. The zero-order valence-corrected chi connectivity index (χ0v) is 20.6. The van der Waals surface area contributed by atoms with Gasteiger partial charge in [-0.3, -0.25) is 4.99 Å². The molecule has 1 aliphatic heterocycles. The number of rotatable bonds is 6. The van der Waals surface area contributed by atoms with E-state index in [1.165, 1.54) is 23.4 Å². The summed E-state index contributed by atoms with van der Waals surface area (Å²) < 4.78 is 27.7. The highest BCUT2D eigenvalue weighted by molar-refractivity contribution is 7.89. The fourth-order valence-corrected chi connectivity index (χ4v) is 6.77. The van der Waals surface area contributed by atoms with Gasteiger partial charge in [0.05, 0.1) is 10.7 Å². The molecule has 0 aromatic heterocycles. The van der Waals surface area contributed by atoms with Gasteiger partial charge in [-0.15, -0.1) is 12.4 Å². The number of halogens is 1. The highest BCUT2D eigenvalue weighted by Crippen LogP contribution is 2.38. The van der Waals surface area contributed by atoms with Gasteiger partial charge in [-0.1, -0.05) is 42.5 Å². The second-order valence-electron chi connectivity index (χ2n) is 9.64. The molecule has 0 radical (unpaired) electrons. The maximum absolute atomic E-state index is 12.4. The lowest BCUT2D eigenvalue weighted by atomic mass is 9.80. The number of aryl methyl sites for hydroxylation is 1. The number of aliphatic imine (C=N–C) groups is 1. The van der Waals surface area contributed by atoms with Gasteiger partial charge in [-0.25, -0.2) is 13.1 Å². The molecule has 3 aliphatic rings. The van der Waals surface area contributed by atoms with Gasteiger partial charge < -0.3 is 5.32 Å². The molecule has 2 aromatic rings. The molecule has 2 fully saturated rings. The lowest BCUT2D eigenvalue weighted by Crippen LogP contribution is -2.32. The summed E-state index contributed by atoms with van der Waals surface area (Å²) in [5, 5.41) is 3.71. The first-order valence-electron chi connectivity index (χ1n) is 12.0. The molecular formula is C26H34ClN3O2S. The van der Waals surface area contributed by atoms with Gasteiger partial charge in [-0.2, -0.15) is 0 Å². The topological polar surface area (TPSA) is 70.6 Å². The predicted molar refractivity (Wildman–Crippen MR) is 136 cm³/mol. The predicted octanol–water partition coefficient (Wildman–Crippen LogP) is 4.68. The zero-order chi connectivity index (χ0) is 22.0. The minimum absolute atomic E-state index is 0. The van der Waals surface area contributed by atoms with Crippen LogP contribution in [0.3, 0.4) is 0 Å². The van der Waals surface area contributed by atoms with Crippen molar-refractivity contribution in [3.8, 4) is 0 Å². The Kier molecular flexibility index (Phi) is 7.77. The van der Waals surface area contributed by atoms with Gasteiger partial charge in [0, 0.05) is 31.5 Å². The van der Waals surface area contributed by atoms with Crippen LogP contribution in [0.25, 0.3) is 0 Å². The second-order valence-corrected chi connectivity index (χ2v) is 11.4. The van der Waals surface area contributed by atoms with E-state index in [2.05, 4.69) is 34.3 Å². The molecule has 0 amide bonds. The van der Waals surface area contributed by atoms with Crippen LogP contribution >= 0.6 is 12.4 Å². The van der Waals surface area contributed by atoms with E-state index in [1.807, 2.05) is 6.07 Å². The standard InChI is InChI=1S/C26H33N3O2S.ClH/c30-32(31,22-7-2-1-3-8-22)28-18-20-12-10-19(11-13-20)17-27-26-16-24-23-9-5-4-6-21(23)14-15-25(24)29-26;/h1-9,19-20,24-25,28H,10-18H2,(H,27,29);1H. The van der Waals surface area contributed by atoms with Crippen molar-refractivity contribution in [3.63, 3.8) is 0 Å². The van der Waals surface area contributed by atoms with E-state index >= 15 is 0 Å². The van der Waals surface area contributed by atoms with Crippen molar-refractivity contribution >= 4 is 28.3 Å². The zero-order valence-electron chi connectivity index (χ0n) is 18.9. The fourth-order valence-electron chi connectivity index (χ4n) is 5.64. The molecule has 1 saturated carbocycles. The highest BCUT2D eigenvalue weighted by Gasteiger charge is 2.36. The number of hydrogen-bond donors (Lipinski definition) is 2. The van der Waals surface area contributed by atoms with E-state index < -0.39 is 10.0 Å². The van der Waals surface area contributed by atoms with Crippen LogP contribution in [0.1, 0.15) is 55.6 Å². The normalized spacial score (nSPS) is 27.8.